The topological polar surface area (TPSA) is 55.6 Å². The van der Waals surface area contributed by atoms with Crippen LogP contribution in [0.4, 0.5) is 0 Å². The standard InChI is InChI=1S/C20H30N2O2.ClH/c1-15-11-17(12-21)13-22(15)20(23)18-7-9-19(10-8-18)24-14-16-5-3-2-4-6-16;/h7-10,15-17H,2-6,11-14,21H2,1H3;1H. The van der Waals surface area contributed by atoms with Crippen LogP contribution in [0.2, 0.25) is 0 Å². The fourth-order valence-corrected chi connectivity index (χ4v) is 4.02. The predicted molar refractivity (Wildman–Crippen MR) is 103 cm³/mol. The average Bonchev–Trinajstić information content (AvgIpc) is 3.01. The summed E-state index contributed by atoms with van der Waals surface area (Å²) in [4.78, 5) is 14.6. The molecule has 25 heavy (non-hydrogen) atoms. The van der Waals surface area contributed by atoms with Crippen LogP contribution >= 0.6 is 12.4 Å². The number of carbonyl (C=O) groups is 1. The molecule has 1 heterocycles. The Balaban J connectivity index is 0.00000225. The molecule has 0 bridgehead atoms. The molecule has 1 aliphatic heterocycles. The van der Waals surface area contributed by atoms with Gasteiger partial charge in [-0.1, -0.05) is 19.3 Å². The van der Waals surface area contributed by atoms with Crippen LogP contribution in [-0.4, -0.2) is 36.5 Å². The summed E-state index contributed by atoms with van der Waals surface area (Å²) < 4.78 is 5.92. The van der Waals surface area contributed by atoms with Gasteiger partial charge in [0, 0.05) is 18.2 Å². The van der Waals surface area contributed by atoms with Gasteiger partial charge in [0.2, 0.25) is 0 Å². The number of halogens is 1. The average molecular weight is 367 g/mol. The first-order chi connectivity index (χ1) is 11.7. The second-order valence-electron chi connectivity index (χ2n) is 7.48. The number of rotatable bonds is 5. The largest absolute Gasteiger partial charge is 0.493 e. The lowest BCUT2D eigenvalue weighted by atomic mass is 9.90. The zero-order chi connectivity index (χ0) is 16.9. The lowest BCUT2D eigenvalue weighted by Gasteiger charge is -2.22. The predicted octanol–water partition coefficient (Wildman–Crippen LogP) is 3.88. The third-order valence-electron chi connectivity index (χ3n) is 5.57. The maximum absolute atomic E-state index is 12.7. The van der Waals surface area contributed by atoms with Crippen LogP contribution < -0.4 is 10.5 Å². The summed E-state index contributed by atoms with van der Waals surface area (Å²) in [5.74, 6) is 2.10. The normalized spacial score (nSPS) is 24.0. The molecule has 2 N–H and O–H groups in total. The van der Waals surface area contributed by atoms with Crippen molar-refractivity contribution in [2.75, 3.05) is 19.7 Å². The molecule has 1 saturated carbocycles. The third-order valence-corrected chi connectivity index (χ3v) is 5.57. The van der Waals surface area contributed by atoms with Crippen molar-refractivity contribution in [3.63, 3.8) is 0 Å². The van der Waals surface area contributed by atoms with E-state index in [0.717, 1.165) is 30.9 Å². The van der Waals surface area contributed by atoms with Crippen molar-refractivity contribution < 1.29 is 9.53 Å². The molecule has 140 valence electrons. The number of nitrogens with two attached hydrogens (primary N) is 1. The summed E-state index contributed by atoms with van der Waals surface area (Å²) in [7, 11) is 0. The fourth-order valence-electron chi connectivity index (χ4n) is 4.02. The van der Waals surface area contributed by atoms with E-state index in [1.807, 2.05) is 29.2 Å². The van der Waals surface area contributed by atoms with Crippen molar-refractivity contribution in [3.8, 4) is 5.75 Å². The number of hydrogen-bond acceptors (Lipinski definition) is 3. The summed E-state index contributed by atoms with van der Waals surface area (Å²) in [6, 6.07) is 7.91. The van der Waals surface area contributed by atoms with E-state index in [2.05, 4.69) is 6.92 Å². The molecule has 2 fully saturated rings. The number of nitrogens with zero attached hydrogens (tertiary/aromatic N) is 1. The van der Waals surface area contributed by atoms with E-state index in [0.29, 0.717) is 18.4 Å². The molecule has 5 heteroatoms. The van der Waals surface area contributed by atoms with Crippen LogP contribution in [0.5, 0.6) is 5.75 Å². The van der Waals surface area contributed by atoms with Gasteiger partial charge in [0.05, 0.1) is 6.61 Å². The van der Waals surface area contributed by atoms with Gasteiger partial charge in [-0.25, -0.2) is 0 Å². The molecule has 0 aromatic heterocycles. The molecular formula is C20H31ClN2O2. The molecule has 4 nitrogen and oxygen atoms in total. The van der Waals surface area contributed by atoms with Crippen LogP contribution in [0, 0.1) is 11.8 Å². The van der Waals surface area contributed by atoms with Crippen molar-refractivity contribution >= 4 is 18.3 Å². The Hall–Kier alpha value is -1.26. The molecule has 1 amide bonds. The number of likely N-dealkylation sites (tertiary alicyclic amines) is 1. The van der Waals surface area contributed by atoms with Gasteiger partial charge in [0.25, 0.3) is 5.91 Å². The van der Waals surface area contributed by atoms with E-state index < -0.39 is 0 Å². The van der Waals surface area contributed by atoms with Gasteiger partial charge < -0.3 is 15.4 Å². The first-order valence-corrected chi connectivity index (χ1v) is 9.41. The molecule has 2 atom stereocenters. The smallest absolute Gasteiger partial charge is 0.254 e. The highest BCUT2D eigenvalue weighted by molar-refractivity contribution is 5.94. The fraction of sp³-hybridized carbons (Fsp3) is 0.650. The summed E-state index contributed by atoms with van der Waals surface area (Å²) in [6.07, 6.45) is 7.61. The molecular weight excluding hydrogens is 336 g/mol. The minimum Gasteiger partial charge on any atom is -0.493 e. The highest BCUT2D eigenvalue weighted by Crippen LogP contribution is 2.26. The highest BCUT2D eigenvalue weighted by atomic mass is 35.5. The SMILES string of the molecule is CC1CC(CN)CN1C(=O)c1ccc(OCC2CCCCC2)cc1.Cl. The Kier molecular flexibility index (Phi) is 7.57. The zero-order valence-electron chi connectivity index (χ0n) is 15.2. The Morgan fingerprint density at radius 2 is 1.84 bits per heavy atom. The van der Waals surface area contributed by atoms with E-state index in [9.17, 15) is 4.79 Å². The maximum Gasteiger partial charge on any atom is 0.254 e. The highest BCUT2D eigenvalue weighted by Gasteiger charge is 2.32. The molecule has 0 radical (unpaired) electrons. The van der Waals surface area contributed by atoms with Gasteiger partial charge in [-0.15, -0.1) is 12.4 Å². The maximum atomic E-state index is 12.7. The molecule has 1 aliphatic carbocycles. The Labute approximate surface area is 157 Å². The van der Waals surface area contributed by atoms with Gasteiger partial charge in [-0.2, -0.15) is 0 Å². The summed E-state index contributed by atoms with van der Waals surface area (Å²) >= 11 is 0. The molecule has 1 saturated heterocycles. The second kappa shape index (κ2) is 9.44. The van der Waals surface area contributed by atoms with Gasteiger partial charge in [0.15, 0.2) is 0 Å². The first kappa shape index (κ1) is 20.1. The molecule has 3 rings (SSSR count). The van der Waals surface area contributed by atoms with E-state index in [4.69, 9.17) is 10.5 Å². The van der Waals surface area contributed by atoms with Crippen LogP contribution in [0.25, 0.3) is 0 Å². The van der Waals surface area contributed by atoms with Crippen molar-refractivity contribution in [2.45, 2.75) is 51.5 Å². The number of ether oxygens (including phenoxy) is 1. The van der Waals surface area contributed by atoms with Gasteiger partial charge in [-0.05, 0) is 68.8 Å². The van der Waals surface area contributed by atoms with Crippen LogP contribution in [0.3, 0.4) is 0 Å². The molecule has 2 unspecified atom stereocenters. The van der Waals surface area contributed by atoms with Crippen LogP contribution in [0.1, 0.15) is 55.8 Å². The second-order valence-corrected chi connectivity index (χ2v) is 7.48. The number of benzene rings is 1. The zero-order valence-corrected chi connectivity index (χ0v) is 16.0. The van der Waals surface area contributed by atoms with E-state index in [-0.39, 0.29) is 24.4 Å². The van der Waals surface area contributed by atoms with Crippen molar-refractivity contribution in [3.05, 3.63) is 29.8 Å². The van der Waals surface area contributed by atoms with Crippen molar-refractivity contribution in [2.24, 2.45) is 17.6 Å². The lowest BCUT2D eigenvalue weighted by molar-refractivity contribution is 0.0743. The van der Waals surface area contributed by atoms with E-state index in [1.54, 1.807) is 0 Å². The molecule has 1 aromatic rings. The summed E-state index contributed by atoms with van der Waals surface area (Å²) in [5.41, 5.74) is 6.50. The van der Waals surface area contributed by atoms with Crippen molar-refractivity contribution in [1.82, 2.24) is 4.90 Å². The van der Waals surface area contributed by atoms with Crippen LogP contribution in [0.15, 0.2) is 24.3 Å². The monoisotopic (exact) mass is 366 g/mol. The Morgan fingerprint density at radius 3 is 2.44 bits per heavy atom. The number of carbonyl (C=O) groups excluding carboxylic acids is 1. The number of hydrogen-bond donors (Lipinski definition) is 1. The minimum atomic E-state index is 0. The van der Waals surface area contributed by atoms with Gasteiger partial charge in [0.1, 0.15) is 5.75 Å². The molecule has 0 spiro atoms. The third kappa shape index (κ3) is 5.11. The molecule has 1 aromatic carbocycles. The quantitative estimate of drug-likeness (QED) is 0.860. The van der Waals surface area contributed by atoms with Crippen molar-refractivity contribution in [1.29, 1.82) is 0 Å². The first-order valence-electron chi connectivity index (χ1n) is 9.41. The van der Waals surface area contributed by atoms with Gasteiger partial charge >= 0.3 is 0 Å². The number of amides is 1. The van der Waals surface area contributed by atoms with E-state index >= 15 is 0 Å². The molecule has 2 aliphatic rings. The Bertz CT molecular complexity index is 543. The summed E-state index contributed by atoms with van der Waals surface area (Å²) in [6.45, 7) is 4.34. The minimum absolute atomic E-state index is 0. The van der Waals surface area contributed by atoms with Crippen LogP contribution in [-0.2, 0) is 0 Å². The Morgan fingerprint density at radius 1 is 1.16 bits per heavy atom. The van der Waals surface area contributed by atoms with Gasteiger partial charge in [-0.3, -0.25) is 4.79 Å². The van der Waals surface area contributed by atoms with E-state index in [1.165, 1.54) is 32.1 Å². The summed E-state index contributed by atoms with van der Waals surface area (Å²) in [5, 5.41) is 0. The lowest BCUT2D eigenvalue weighted by Crippen LogP contribution is -2.34.